The quantitative estimate of drug-likeness (QED) is 0.738. The Kier molecular flexibility index (Phi) is 3.40. The van der Waals surface area contributed by atoms with Crippen molar-refractivity contribution < 1.29 is 13.2 Å². The van der Waals surface area contributed by atoms with E-state index in [-0.39, 0.29) is 17.1 Å². The van der Waals surface area contributed by atoms with Crippen LogP contribution in [0.4, 0.5) is 19.0 Å². The molecule has 100 valence electrons. The Morgan fingerprint density at radius 3 is 2.50 bits per heavy atom. The smallest absolute Gasteiger partial charge is 0.353 e. The zero-order valence-corrected chi connectivity index (χ0v) is 10.8. The van der Waals surface area contributed by atoms with E-state index in [1.807, 2.05) is 11.8 Å². The second kappa shape index (κ2) is 4.57. The van der Waals surface area contributed by atoms with Gasteiger partial charge in [-0.25, -0.2) is 9.97 Å². The lowest BCUT2D eigenvalue weighted by Gasteiger charge is -2.23. The zero-order chi connectivity index (χ0) is 13.5. The van der Waals surface area contributed by atoms with Gasteiger partial charge in [0.2, 0.25) is 5.28 Å². The first-order chi connectivity index (χ1) is 8.27. The fourth-order valence-corrected chi connectivity index (χ4v) is 2.49. The highest BCUT2D eigenvalue weighted by atomic mass is 35.5. The molecule has 1 aromatic heterocycles. The maximum atomic E-state index is 12.6. The average molecular weight is 280 g/mol. The van der Waals surface area contributed by atoms with Crippen molar-refractivity contribution >= 4 is 17.4 Å². The number of alkyl halides is 3. The first-order valence-corrected chi connectivity index (χ1v) is 6.03. The molecule has 1 saturated heterocycles. The molecule has 1 fully saturated rings. The molecule has 2 heterocycles. The van der Waals surface area contributed by atoms with Crippen LogP contribution in [-0.4, -0.2) is 22.6 Å². The molecular weight excluding hydrogens is 267 g/mol. The van der Waals surface area contributed by atoms with Crippen LogP contribution < -0.4 is 4.90 Å². The predicted octanol–water partition coefficient (Wildman–Crippen LogP) is 3.38. The van der Waals surface area contributed by atoms with Crippen molar-refractivity contribution in [2.24, 2.45) is 5.92 Å². The first-order valence-electron chi connectivity index (χ1n) is 5.66. The van der Waals surface area contributed by atoms with E-state index in [1.54, 1.807) is 0 Å². The molecule has 0 N–H and O–H groups in total. The highest BCUT2D eigenvalue weighted by Gasteiger charge is 2.35. The molecule has 0 aliphatic carbocycles. The van der Waals surface area contributed by atoms with Crippen molar-refractivity contribution in [1.29, 1.82) is 0 Å². The third-order valence-corrected chi connectivity index (χ3v) is 3.22. The van der Waals surface area contributed by atoms with E-state index < -0.39 is 11.9 Å². The summed E-state index contributed by atoms with van der Waals surface area (Å²) in [6, 6.07) is 1.12. The van der Waals surface area contributed by atoms with Gasteiger partial charge in [0.1, 0.15) is 5.82 Å². The number of hydrogen-bond donors (Lipinski definition) is 0. The topological polar surface area (TPSA) is 29.0 Å². The van der Waals surface area contributed by atoms with Gasteiger partial charge in [-0.3, -0.25) is 0 Å². The first kappa shape index (κ1) is 13.4. The summed E-state index contributed by atoms with van der Waals surface area (Å²) in [5.74, 6) is 0.683. The van der Waals surface area contributed by atoms with Crippen molar-refractivity contribution in [3.63, 3.8) is 0 Å². The summed E-state index contributed by atoms with van der Waals surface area (Å²) in [7, 11) is 0. The van der Waals surface area contributed by atoms with Crippen LogP contribution >= 0.6 is 11.6 Å². The van der Waals surface area contributed by atoms with Crippen LogP contribution in [-0.2, 0) is 6.18 Å². The predicted molar refractivity (Wildman–Crippen MR) is 62.6 cm³/mol. The Hall–Kier alpha value is -1.04. The van der Waals surface area contributed by atoms with E-state index in [1.165, 1.54) is 0 Å². The molecule has 3 nitrogen and oxygen atoms in total. The fraction of sp³-hybridized carbons (Fsp3) is 0.636. The summed E-state index contributed by atoms with van der Waals surface area (Å²) >= 11 is 5.57. The number of rotatable bonds is 1. The van der Waals surface area contributed by atoms with Gasteiger partial charge in [-0.05, 0) is 30.9 Å². The lowest BCUT2D eigenvalue weighted by atomic mass is 10.1. The van der Waals surface area contributed by atoms with Crippen molar-refractivity contribution in [3.8, 4) is 0 Å². The summed E-state index contributed by atoms with van der Waals surface area (Å²) in [5.41, 5.74) is -0.996. The molecule has 0 bridgehead atoms. The van der Waals surface area contributed by atoms with Crippen LogP contribution in [0, 0.1) is 5.92 Å². The van der Waals surface area contributed by atoms with Gasteiger partial charge in [0.15, 0.2) is 5.69 Å². The Balaban J connectivity index is 2.37. The van der Waals surface area contributed by atoms with Crippen LogP contribution in [0.3, 0.4) is 0 Å². The molecule has 2 rings (SSSR count). The number of halogens is 4. The van der Waals surface area contributed by atoms with E-state index >= 15 is 0 Å². The van der Waals surface area contributed by atoms with Gasteiger partial charge in [0.05, 0.1) is 0 Å². The molecule has 1 aromatic rings. The number of nitrogens with zero attached hydrogens (tertiary/aromatic N) is 3. The Morgan fingerprint density at radius 2 is 2.00 bits per heavy atom. The molecule has 1 aliphatic rings. The third-order valence-electron chi connectivity index (χ3n) is 3.05. The molecule has 0 aromatic carbocycles. The average Bonchev–Trinajstić information content (AvgIpc) is 2.55. The Bertz CT molecular complexity index is 450. The maximum absolute atomic E-state index is 12.6. The minimum absolute atomic E-state index is 0.159. The van der Waals surface area contributed by atoms with Crippen LogP contribution in [0.25, 0.3) is 0 Å². The summed E-state index contributed by atoms with van der Waals surface area (Å²) in [6.07, 6.45) is -3.57. The van der Waals surface area contributed by atoms with Crippen LogP contribution in [0.1, 0.15) is 26.0 Å². The number of hydrogen-bond acceptors (Lipinski definition) is 3. The molecule has 7 heteroatoms. The SMILES string of the molecule is CC1CC(C)N(c2cc(C(F)(F)F)nc(Cl)n2)C1. The Labute approximate surface area is 108 Å². The highest BCUT2D eigenvalue weighted by molar-refractivity contribution is 6.28. The van der Waals surface area contributed by atoms with E-state index in [0.29, 0.717) is 12.5 Å². The molecule has 0 radical (unpaired) electrons. The summed E-state index contributed by atoms with van der Waals surface area (Å²) in [5, 5.41) is -0.369. The molecule has 0 saturated carbocycles. The van der Waals surface area contributed by atoms with Crippen molar-refractivity contribution in [2.45, 2.75) is 32.5 Å². The highest BCUT2D eigenvalue weighted by Crippen LogP contribution is 2.33. The molecule has 2 unspecified atom stereocenters. The molecule has 1 aliphatic heterocycles. The van der Waals surface area contributed by atoms with Gasteiger partial charge in [-0.2, -0.15) is 13.2 Å². The van der Waals surface area contributed by atoms with Crippen molar-refractivity contribution in [2.75, 3.05) is 11.4 Å². The van der Waals surface area contributed by atoms with Crippen molar-refractivity contribution in [3.05, 3.63) is 17.0 Å². The van der Waals surface area contributed by atoms with E-state index in [4.69, 9.17) is 11.6 Å². The normalized spacial score (nSPS) is 24.7. The van der Waals surface area contributed by atoms with Crippen molar-refractivity contribution in [1.82, 2.24) is 9.97 Å². The second-order valence-corrected chi connectivity index (χ2v) is 5.06. The van der Waals surface area contributed by atoms with Crippen LogP contribution in [0.15, 0.2) is 6.07 Å². The number of aromatic nitrogens is 2. The van der Waals surface area contributed by atoms with Gasteiger partial charge in [-0.1, -0.05) is 6.92 Å². The maximum Gasteiger partial charge on any atom is 0.433 e. The third kappa shape index (κ3) is 2.68. The molecule has 2 atom stereocenters. The molecule has 18 heavy (non-hydrogen) atoms. The lowest BCUT2D eigenvalue weighted by Crippen LogP contribution is -2.28. The van der Waals surface area contributed by atoms with Gasteiger partial charge in [0, 0.05) is 18.7 Å². The monoisotopic (exact) mass is 279 g/mol. The van der Waals surface area contributed by atoms with Gasteiger partial charge in [0.25, 0.3) is 0 Å². The summed E-state index contributed by atoms with van der Waals surface area (Å²) < 4.78 is 37.9. The summed E-state index contributed by atoms with van der Waals surface area (Å²) in [4.78, 5) is 8.96. The molecule has 0 amide bonds. The van der Waals surface area contributed by atoms with Gasteiger partial charge in [-0.15, -0.1) is 0 Å². The molecular formula is C11H13ClF3N3. The molecule has 0 spiro atoms. The number of anilines is 1. The van der Waals surface area contributed by atoms with Gasteiger partial charge >= 0.3 is 6.18 Å². The van der Waals surface area contributed by atoms with E-state index in [2.05, 4.69) is 16.9 Å². The van der Waals surface area contributed by atoms with Gasteiger partial charge < -0.3 is 4.90 Å². The zero-order valence-electron chi connectivity index (χ0n) is 10.00. The summed E-state index contributed by atoms with van der Waals surface area (Å²) in [6.45, 7) is 4.71. The van der Waals surface area contributed by atoms with E-state index in [9.17, 15) is 13.2 Å². The second-order valence-electron chi connectivity index (χ2n) is 4.72. The minimum atomic E-state index is -4.50. The van der Waals surface area contributed by atoms with Crippen LogP contribution in [0.2, 0.25) is 5.28 Å². The minimum Gasteiger partial charge on any atom is -0.353 e. The van der Waals surface area contributed by atoms with Crippen LogP contribution in [0.5, 0.6) is 0 Å². The fourth-order valence-electron chi connectivity index (χ4n) is 2.32. The lowest BCUT2D eigenvalue weighted by molar-refractivity contribution is -0.141. The largest absolute Gasteiger partial charge is 0.433 e. The standard InChI is InChI=1S/C11H13ClF3N3/c1-6-3-7(2)18(5-6)9-4-8(11(13,14)15)16-10(12)17-9/h4,6-7H,3,5H2,1-2H3. The Morgan fingerprint density at radius 1 is 1.33 bits per heavy atom. The van der Waals surface area contributed by atoms with E-state index in [0.717, 1.165) is 12.5 Å².